The van der Waals surface area contributed by atoms with Crippen LogP contribution in [0.2, 0.25) is 5.15 Å². The van der Waals surface area contributed by atoms with Crippen LogP contribution in [-0.4, -0.2) is 28.7 Å². The SMILES string of the molecule is COC(=O)C(N)C(C)(C)c1c(Cl)ncn1C. The molecule has 0 radical (unpaired) electrons. The number of carbonyl (C=O) groups excluding carboxylic acids is 1. The van der Waals surface area contributed by atoms with Gasteiger partial charge in [-0.2, -0.15) is 0 Å². The van der Waals surface area contributed by atoms with Crippen LogP contribution in [0.3, 0.4) is 0 Å². The predicted molar refractivity (Wildman–Crippen MR) is 61.2 cm³/mol. The number of nitrogens with two attached hydrogens (primary N) is 1. The van der Waals surface area contributed by atoms with E-state index in [0.717, 1.165) is 0 Å². The van der Waals surface area contributed by atoms with Crippen molar-refractivity contribution in [3.05, 3.63) is 17.2 Å². The number of aromatic nitrogens is 2. The first-order chi connectivity index (χ1) is 7.32. The molecule has 0 amide bonds. The van der Waals surface area contributed by atoms with Crippen LogP contribution in [0.5, 0.6) is 0 Å². The number of nitrogens with zero attached hydrogens (tertiary/aromatic N) is 2. The topological polar surface area (TPSA) is 70.1 Å². The molecule has 6 heteroatoms. The van der Waals surface area contributed by atoms with E-state index in [1.54, 1.807) is 17.9 Å². The van der Waals surface area contributed by atoms with Gasteiger partial charge < -0.3 is 15.0 Å². The van der Waals surface area contributed by atoms with E-state index in [9.17, 15) is 4.79 Å². The Morgan fingerprint density at radius 2 is 2.25 bits per heavy atom. The second-order valence-electron chi connectivity index (χ2n) is 4.22. The molecule has 2 N–H and O–H groups in total. The molecule has 1 unspecified atom stereocenters. The summed E-state index contributed by atoms with van der Waals surface area (Å²) in [4.78, 5) is 15.4. The van der Waals surface area contributed by atoms with Crippen LogP contribution in [0, 0.1) is 0 Å². The number of halogens is 1. The standard InChI is InChI=1S/C10H16ClN3O2/c1-10(2,6(12)9(15)16-4)7-8(11)13-5-14(7)3/h5-6H,12H2,1-4H3. The van der Waals surface area contributed by atoms with Gasteiger partial charge in [0.05, 0.1) is 19.1 Å². The van der Waals surface area contributed by atoms with Crippen molar-refractivity contribution in [1.82, 2.24) is 9.55 Å². The third-order valence-electron chi connectivity index (χ3n) is 2.74. The number of imidazole rings is 1. The summed E-state index contributed by atoms with van der Waals surface area (Å²) in [6.07, 6.45) is 1.59. The maximum Gasteiger partial charge on any atom is 0.323 e. The Bertz CT molecular complexity index is 381. The minimum Gasteiger partial charge on any atom is -0.468 e. The predicted octanol–water partition coefficient (Wildman–Crippen LogP) is 0.851. The second-order valence-corrected chi connectivity index (χ2v) is 4.58. The van der Waals surface area contributed by atoms with Crippen molar-refractivity contribution in [3.63, 3.8) is 0 Å². The molecule has 5 nitrogen and oxygen atoms in total. The summed E-state index contributed by atoms with van der Waals surface area (Å²) in [5.41, 5.74) is 5.93. The summed E-state index contributed by atoms with van der Waals surface area (Å²) in [5, 5.41) is 0.354. The fourth-order valence-corrected chi connectivity index (χ4v) is 2.11. The van der Waals surface area contributed by atoms with Crippen LogP contribution >= 0.6 is 11.6 Å². The minimum atomic E-state index is -0.787. The summed E-state index contributed by atoms with van der Waals surface area (Å²) in [6, 6.07) is -0.787. The Kier molecular flexibility index (Phi) is 3.60. The molecule has 0 bridgehead atoms. The smallest absolute Gasteiger partial charge is 0.323 e. The molecule has 1 aromatic rings. The maximum atomic E-state index is 11.5. The van der Waals surface area contributed by atoms with Crippen molar-refractivity contribution in [2.75, 3.05) is 7.11 Å². The molecule has 0 fully saturated rings. The highest BCUT2D eigenvalue weighted by molar-refractivity contribution is 6.30. The second kappa shape index (κ2) is 4.43. The van der Waals surface area contributed by atoms with Gasteiger partial charge in [0.2, 0.25) is 0 Å². The molecule has 0 aliphatic rings. The third-order valence-corrected chi connectivity index (χ3v) is 3.01. The van der Waals surface area contributed by atoms with Crippen molar-refractivity contribution in [3.8, 4) is 0 Å². The molecule has 0 aliphatic carbocycles. The number of aryl methyl sites for hydroxylation is 1. The van der Waals surface area contributed by atoms with Crippen molar-refractivity contribution in [1.29, 1.82) is 0 Å². The number of esters is 1. The van der Waals surface area contributed by atoms with Gasteiger partial charge >= 0.3 is 5.97 Å². The molecule has 0 saturated carbocycles. The Hall–Kier alpha value is -1.07. The Balaban J connectivity index is 3.15. The summed E-state index contributed by atoms with van der Waals surface area (Å²) in [7, 11) is 3.11. The van der Waals surface area contributed by atoms with Gasteiger partial charge in [0.25, 0.3) is 0 Å². The zero-order valence-corrected chi connectivity index (χ0v) is 10.6. The fourth-order valence-electron chi connectivity index (χ4n) is 1.69. The van der Waals surface area contributed by atoms with Gasteiger partial charge in [-0.15, -0.1) is 0 Å². The highest BCUT2D eigenvalue weighted by Gasteiger charge is 2.38. The zero-order chi connectivity index (χ0) is 12.5. The first-order valence-corrected chi connectivity index (χ1v) is 5.20. The Morgan fingerprint density at radius 1 is 1.69 bits per heavy atom. The van der Waals surface area contributed by atoms with Gasteiger partial charge in [0.15, 0.2) is 5.15 Å². The van der Waals surface area contributed by atoms with Crippen LogP contribution in [0.15, 0.2) is 6.33 Å². The van der Waals surface area contributed by atoms with E-state index < -0.39 is 17.4 Å². The van der Waals surface area contributed by atoms with Gasteiger partial charge in [0.1, 0.15) is 6.04 Å². The average molecular weight is 246 g/mol. The van der Waals surface area contributed by atoms with Gasteiger partial charge in [-0.25, -0.2) is 4.98 Å². The monoisotopic (exact) mass is 245 g/mol. The summed E-state index contributed by atoms with van der Waals surface area (Å²) < 4.78 is 6.39. The fraction of sp³-hybridized carbons (Fsp3) is 0.600. The molecule has 0 aliphatic heterocycles. The van der Waals surface area contributed by atoms with E-state index >= 15 is 0 Å². The Morgan fingerprint density at radius 3 is 2.62 bits per heavy atom. The van der Waals surface area contributed by atoms with Crippen LogP contribution in [-0.2, 0) is 22.0 Å². The first kappa shape index (κ1) is 13.0. The molecule has 0 spiro atoms. The van der Waals surface area contributed by atoms with Crippen LogP contribution in [0.25, 0.3) is 0 Å². The van der Waals surface area contributed by atoms with Crippen molar-refractivity contribution >= 4 is 17.6 Å². The molecule has 1 aromatic heterocycles. The molecule has 0 aromatic carbocycles. The van der Waals surface area contributed by atoms with E-state index in [2.05, 4.69) is 9.72 Å². The third kappa shape index (κ3) is 2.05. The lowest BCUT2D eigenvalue weighted by Crippen LogP contribution is -2.48. The number of hydrogen-bond donors (Lipinski definition) is 1. The van der Waals surface area contributed by atoms with Gasteiger partial charge in [-0.1, -0.05) is 25.4 Å². The number of rotatable bonds is 3. The number of ether oxygens (including phenoxy) is 1. The zero-order valence-electron chi connectivity index (χ0n) is 9.82. The van der Waals surface area contributed by atoms with E-state index in [1.165, 1.54) is 7.11 Å². The van der Waals surface area contributed by atoms with Crippen molar-refractivity contribution < 1.29 is 9.53 Å². The summed E-state index contributed by atoms with van der Waals surface area (Å²) in [5.74, 6) is -0.470. The molecular weight excluding hydrogens is 230 g/mol. The average Bonchev–Trinajstić information content (AvgIpc) is 2.56. The quantitative estimate of drug-likeness (QED) is 0.802. The van der Waals surface area contributed by atoms with E-state index in [1.807, 2.05) is 13.8 Å². The van der Waals surface area contributed by atoms with E-state index in [0.29, 0.717) is 10.8 Å². The van der Waals surface area contributed by atoms with Crippen molar-refractivity contribution in [2.45, 2.75) is 25.3 Å². The lowest BCUT2D eigenvalue weighted by Gasteiger charge is -2.30. The largest absolute Gasteiger partial charge is 0.468 e. The molecule has 16 heavy (non-hydrogen) atoms. The molecule has 90 valence electrons. The highest BCUT2D eigenvalue weighted by Crippen LogP contribution is 2.31. The lowest BCUT2D eigenvalue weighted by atomic mass is 9.81. The first-order valence-electron chi connectivity index (χ1n) is 4.83. The number of carbonyl (C=O) groups is 1. The highest BCUT2D eigenvalue weighted by atomic mass is 35.5. The summed E-state index contributed by atoms with van der Waals surface area (Å²) >= 11 is 5.98. The van der Waals surface area contributed by atoms with E-state index in [-0.39, 0.29) is 0 Å². The van der Waals surface area contributed by atoms with E-state index in [4.69, 9.17) is 17.3 Å². The molecule has 1 atom stereocenters. The number of hydrogen-bond acceptors (Lipinski definition) is 4. The molecule has 1 rings (SSSR count). The number of methoxy groups -OCH3 is 1. The molecule has 0 saturated heterocycles. The minimum absolute atomic E-state index is 0.354. The van der Waals surface area contributed by atoms with Gasteiger partial charge in [-0.05, 0) is 0 Å². The normalized spacial score (nSPS) is 13.6. The lowest BCUT2D eigenvalue weighted by molar-refractivity contribution is -0.143. The van der Waals surface area contributed by atoms with Crippen LogP contribution < -0.4 is 5.73 Å². The van der Waals surface area contributed by atoms with Crippen LogP contribution in [0.1, 0.15) is 19.5 Å². The van der Waals surface area contributed by atoms with Crippen LogP contribution in [0.4, 0.5) is 0 Å². The Labute approximate surface area is 99.5 Å². The summed E-state index contributed by atoms with van der Waals surface area (Å²) in [6.45, 7) is 3.66. The van der Waals surface area contributed by atoms with Gasteiger partial charge in [-0.3, -0.25) is 4.79 Å². The van der Waals surface area contributed by atoms with Crippen molar-refractivity contribution in [2.24, 2.45) is 12.8 Å². The molecule has 1 heterocycles. The molecular formula is C10H16ClN3O2. The van der Waals surface area contributed by atoms with Gasteiger partial charge in [0, 0.05) is 12.5 Å². The maximum absolute atomic E-state index is 11.5.